The number of nitrogens with zero attached hydrogens (tertiary/aromatic N) is 4. The number of amides is 4. The van der Waals surface area contributed by atoms with E-state index in [1.54, 1.807) is 18.2 Å². The molecule has 1 saturated heterocycles. The first-order valence-electron chi connectivity index (χ1n) is 12.9. The summed E-state index contributed by atoms with van der Waals surface area (Å²) >= 11 is 5.79. The summed E-state index contributed by atoms with van der Waals surface area (Å²) in [7, 11) is 0. The SMILES string of the molecule is CC(=O)c1nn(CC(=O)N(CC(=O)NCc2cccc(Cl)c2F)C2CC2)c2cccc(NC(=O)N3CC(F)(F)C3)c12. The number of urea groups is 1. The highest BCUT2D eigenvalue weighted by Crippen LogP contribution is 2.32. The van der Waals surface area contributed by atoms with Gasteiger partial charge in [-0.05, 0) is 31.0 Å². The van der Waals surface area contributed by atoms with Gasteiger partial charge in [0.05, 0.1) is 41.2 Å². The maximum absolute atomic E-state index is 14.2. The average molecular weight is 591 g/mol. The van der Waals surface area contributed by atoms with Crippen LogP contribution in [0.2, 0.25) is 5.02 Å². The minimum atomic E-state index is -2.94. The number of aromatic nitrogens is 2. The number of hydrogen-bond acceptors (Lipinski definition) is 5. The summed E-state index contributed by atoms with van der Waals surface area (Å²) in [6, 6.07) is 8.28. The molecule has 4 amide bonds. The molecule has 2 fully saturated rings. The lowest BCUT2D eigenvalue weighted by molar-refractivity contribution is -0.137. The molecule has 2 N–H and O–H groups in total. The van der Waals surface area contributed by atoms with Gasteiger partial charge in [-0.3, -0.25) is 19.1 Å². The highest BCUT2D eigenvalue weighted by Gasteiger charge is 2.46. The molecular weight excluding hydrogens is 565 g/mol. The first-order chi connectivity index (χ1) is 19.4. The normalized spacial score (nSPS) is 15.8. The maximum Gasteiger partial charge on any atom is 0.322 e. The van der Waals surface area contributed by atoms with E-state index in [2.05, 4.69) is 15.7 Å². The number of ketones is 1. The van der Waals surface area contributed by atoms with Crippen LogP contribution in [0.5, 0.6) is 0 Å². The van der Waals surface area contributed by atoms with Gasteiger partial charge in [-0.15, -0.1) is 0 Å². The van der Waals surface area contributed by atoms with Gasteiger partial charge in [0, 0.05) is 25.1 Å². The van der Waals surface area contributed by atoms with Gasteiger partial charge in [-0.2, -0.15) is 5.10 Å². The molecule has 0 radical (unpaired) electrons. The summed E-state index contributed by atoms with van der Waals surface area (Å²) in [6.07, 6.45) is 1.43. The van der Waals surface area contributed by atoms with Crippen LogP contribution in [-0.2, 0) is 22.7 Å². The number of nitrogens with one attached hydrogen (secondary N) is 2. The zero-order valence-corrected chi connectivity index (χ0v) is 22.7. The van der Waals surface area contributed by atoms with E-state index < -0.39 is 48.5 Å². The maximum atomic E-state index is 14.2. The number of carbonyl (C=O) groups excluding carboxylic acids is 4. The van der Waals surface area contributed by atoms with Crippen molar-refractivity contribution in [2.24, 2.45) is 0 Å². The van der Waals surface area contributed by atoms with Crippen molar-refractivity contribution in [2.45, 2.75) is 44.8 Å². The number of anilines is 1. The van der Waals surface area contributed by atoms with Gasteiger partial charge < -0.3 is 20.4 Å². The molecule has 5 rings (SSSR count). The molecule has 2 aliphatic rings. The molecule has 216 valence electrons. The minimum absolute atomic E-state index is 0.00287. The number of carbonyl (C=O) groups is 4. The summed E-state index contributed by atoms with van der Waals surface area (Å²) in [5, 5.41) is 9.69. The monoisotopic (exact) mass is 590 g/mol. The van der Waals surface area contributed by atoms with Crippen LogP contribution < -0.4 is 10.6 Å². The summed E-state index contributed by atoms with van der Waals surface area (Å²) in [5.41, 5.74) is 0.766. The fourth-order valence-corrected chi connectivity index (χ4v) is 4.86. The fraction of sp³-hybridized carbons (Fsp3) is 0.370. The number of halogens is 4. The summed E-state index contributed by atoms with van der Waals surface area (Å²) in [6.45, 7) is -0.792. The van der Waals surface area contributed by atoms with Crippen LogP contribution in [0, 0.1) is 5.82 Å². The van der Waals surface area contributed by atoms with Gasteiger partial charge in [0.2, 0.25) is 11.8 Å². The van der Waals surface area contributed by atoms with Gasteiger partial charge in [0.25, 0.3) is 5.92 Å². The summed E-state index contributed by atoms with van der Waals surface area (Å²) in [5.74, 6) is -4.90. The third-order valence-electron chi connectivity index (χ3n) is 6.90. The molecular formula is C27H26ClF3N6O4. The van der Waals surface area contributed by atoms with Crippen LogP contribution in [0.3, 0.4) is 0 Å². The Hall–Kier alpha value is -4.13. The van der Waals surface area contributed by atoms with Gasteiger partial charge in [-0.25, -0.2) is 18.0 Å². The average Bonchev–Trinajstić information content (AvgIpc) is 3.67. The van der Waals surface area contributed by atoms with Crippen molar-refractivity contribution in [3.63, 3.8) is 0 Å². The van der Waals surface area contributed by atoms with E-state index in [4.69, 9.17) is 11.6 Å². The highest BCUT2D eigenvalue weighted by molar-refractivity contribution is 6.30. The van der Waals surface area contributed by atoms with E-state index in [1.165, 1.54) is 34.7 Å². The van der Waals surface area contributed by atoms with Crippen LogP contribution in [0.4, 0.5) is 23.7 Å². The lowest BCUT2D eigenvalue weighted by Gasteiger charge is -2.38. The van der Waals surface area contributed by atoms with Crippen LogP contribution in [-0.4, -0.2) is 74.8 Å². The molecule has 1 aliphatic heterocycles. The van der Waals surface area contributed by atoms with Crippen LogP contribution in [0.25, 0.3) is 10.9 Å². The molecule has 0 bridgehead atoms. The van der Waals surface area contributed by atoms with Gasteiger partial charge in [0.15, 0.2) is 5.78 Å². The van der Waals surface area contributed by atoms with Crippen LogP contribution in [0.1, 0.15) is 35.8 Å². The molecule has 41 heavy (non-hydrogen) atoms. The van der Waals surface area contributed by atoms with Gasteiger partial charge >= 0.3 is 6.03 Å². The van der Waals surface area contributed by atoms with Crippen molar-refractivity contribution in [3.05, 3.63) is 58.5 Å². The lowest BCUT2D eigenvalue weighted by Crippen LogP contribution is -2.59. The predicted molar refractivity (Wildman–Crippen MR) is 143 cm³/mol. The fourth-order valence-electron chi connectivity index (χ4n) is 4.67. The number of rotatable bonds is 9. The van der Waals surface area contributed by atoms with Crippen LogP contribution in [0.15, 0.2) is 36.4 Å². The van der Waals surface area contributed by atoms with Gasteiger partial charge in [-0.1, -0.05) is 29.8 Å². The van der Waals surface area contributed by atoms with E-state index >= 15 is 0 Å². The second-order valence-electron chi connectivity index (χ2n) is 10.1. The number of fused-ring (bicyclic) bond motifs is 1. The van der Waals surface area contributed by atoms with Crippen molar-refractivity contribution in [1.82, 2.24) is 24.9 Å². The topological polar surface area (TPSA) is 117 Å². The number of likely N-dealkylation sites (tertiary alicyclic amines) is 1. The van der Waals surface area contributed by atoms with E-state index in [1.807, 2.05) is 0 Å². The molecule has 1 saturated carbocycles. The highest BCUT2D eigenvalue weighted by atomic mass is 35.5. The second-order valence-corrected chi connectivity index (χ2v) is 10.6. The Balaban J connectivity index is 1.31. The summed E-state index contributed by atoms with van der Waals surface area (Å²) < 4.78 is 41.9. The Morgan fingerprint density at radius 2 is 1.83 bits per heavy atom. The largest absolute Gasteiger partial charge is 0.350 e. The Morgan fingerprint density at radius 1 is 1.12 bits per heavy atom. The van der Waals surface area contributed by atoms with E-state index in [9.17, 15) is 32.3 Å². The minimum Gasteiger partial charge on any atom is -0.350 e. The molecule has 0 unspecified atom stereocenters. The third kappa shape index (κ3) is 6.14. The zero-order valence-electron chi connectivity index (χ0n) is 21.9. The molecule has 1 aliphatic carbocycles. The van der Waals surface area contributed by atoms with Crippen molar-refractivity contribution < 1.29 is 32.3 Å². The van der Waals surface area contributed by atoms with Crippen molar-refractivity contribution in [2.75, 3.05) is 25.0 Å². The number of Topliss-reactive ketones (excluding diaryl/α,β-unsaturated/α-hetero) is 1. The predicted octanol–water partition coefficient (Wildman–Crippen LogP) is 3.82. The molecule has 14 heteroatoms. The third-order valence-corrected chi connectivity index (χ3v) is 7.19. The second kappa shape index (κ2) is 11.0. The van der Waals surface area contributed by atoms with Crippen LogP contribution >= 0.6 is 11.6 Å². The van der Waals surface area contributed by atoms with Crippen molar-refractivity contribution in [3.8, 4) is 0 Å². The molecule has 3 aromatic rings. The first-order valence-corrected chi connectivity index (χ1v) is 13.2. The molecule has 2 heterocycles. The lowest BCUT2D eigenvalue weighted by atomic mass is 10.1. The molecule has 10 nitrogen and oxygen atoms in total. The quantitative estimate of drug-likeness (QED) is 0.368. The number of hydrogen-bond donors (Lipinski definition) is 2. The Bertz CT molecular complexity index is 1550. The molecule has 2 aromatic carbocycles. The van der Waals surface area contributed by atoms with Gasteiger partial charge in [0.1, 0.15) is 18.1 Å². The number of benzene rings is 2. The van der Waals surface area contributed by atoms with E-state index in [0.29, 0.717) is 18.4 Å². The Morgan fingerprint density at radius 3 is 2.49 bits per heavy atom. The van der Waals surface area contributed by atoms with E-state index in [-0.39, 0.29) is 53.0 Å². The number of alkyl halides is 2. The van der Waals surface area contributed by atoms with Crippen molar-refractivity contribution >= 4 is 51.8 Å². The smallest absolute Gasteiger partial charge is 0.322 e. The summed E-state index contributed by atoms with van der Waals surface area (Å²) in [4.78, 5) is 53.3. The Labute approximate surface area is 237 Å². The van der Waals surface area contributed by atoms with Crippen molar-refractivity contribution in [1.29, 1.82) is 0 Å². The standard InChI is InChI=1S/C27H26ClF3N6O4/c1-15(38)25-23-19(33-26(41)35-13-27(30,31)14-35)6-3-7-20(23)37(34-25)12-22(40)36(17-8-9-17)11-21(39)32-10-16-4-2-5-18(28)24(16)29/h2-7,17H,8-14H2,1H3,(H,32,39)(H,33,41). The zero-order chi connectivity index (χ0) is 29.5. The molecule has 1 aromatic heterocycles. The molecule has 0 spiro atoms. The van der Waals surface area contributed by atoms with E-state index in [0.717, 1.165) is 4.90 Å². The Kier molecular flexibility index (Phi) is 7.64. The molecule has 0 atom stereocenters. The first kappa shape index (κ1) is 28.4.